The lowest BCUT2D eigenvalue weighted by atomic mass is 9.63. The highest BCUT2D eigenvalue weighted by molar-refractivity contribution is 9.10. The molecular formula is C15H13BrO3. The summed E-state index contributed by atoms with van der Waals surface area (Å²) in [5.74, 6) is -0.763. The van der Waals surface area contributed by atoms with Gasteiger partial charge in [-0.05, 0) is 41.8 Å². The summed E-state index contributed by atoms with van der Waals surface area (Å²) in [4.78, 5) is 11.6. The third kappa shape index (κ3) is 1.74. The highest BCUT2D eigenvalue weighted by Gasteiger charge is 2.48. The van der Waals surface area contributed by atoms with Gasteiger partial charge >= 0.3 is 5.97 Å². The second kappa shape index (κ2) is 4.23. The SMILES string of the molecule is O=C(O)C1(c2c(O)ccc3cc(Br)ccc23)CCC1. The van der Waals surface area contributed by atoms with Gasteiger partial charge in [0.2, 0.25) is 0 Å². The molecule has 1 saturated carbocycles. The first kappa shape index (κ1) is 12.5. The van der Waals surface area contributed by atoms with Gasteiger partial charge in [-0.3, -0.25) is 4.79 Å². The molecule has 0 amide bonds. The second-order valence-electron chi connectivity index (χ2n) is 5.07. The Kier molecular flexibility index (Phi) is 2.78. The summed E-state index contributed by atoms with van der Waals surface area (Å²) in [6, 6.07) is 9.09. The summed E-state index contributed by atoms with van der Waals surface area (Å²) in [7, 11) is 0. The topological polar surface area (TPSA) is 57.5 Å². The van der Waals surface area contributed by atoms with Gasteiger partial charge in [0.25, 0.3) is 0 Å². The Morgan fingerprint density at radius 1 is 1.21 bits per heavy atom. The standard InChI is InChI=1S/C15H13BrO3/c16-10-3-4-11-9(8-10)2-5-12(17)13(11)15(14(18)19)6-1-7-15/h2-5,8,17H,1,6-7H2,(H,18,19). The van der Waals surface area contributed by atoms with Crippen LogP contribution in [-0.2, 0) is 10.2 Å². The molecule has 2 aromatic carbocycles. The molecule has 2 N–H and O–H groups in total. The number of aromatic hydroxyl groups is 1. The first-order valence-corrected chi connectivity index (χ1v) is 6.99. The molecule has 0 atom stereocenters. The van der Waals surface area contributed by atoms with E-state index in [0.717, 1.165) is 21.7 Å². The van der Waals surface area contributed by atoms with Gasteiger partial charge in [0.1, 0.15) is 5.75 Å². The molecular weight excluding hydrogens is 308 g/mol. The third-order valence-corrected chi connectivity index (χ3v) is 4.55. The van der Waals surface area contributed by atoms with Crippen LogP contribution in [-0.4, -0.2) is 16.2 Å². The number of carboxylic acid groups (broad SMARTS) is 1. The minimum atomic E-state index is -0.919. The summed E-state index contributed by atoms with van der Waals surface area (Å²) in [5, 5.41) is 21.5. The van der Waals surface area contributed by atoms with E-state index in [-0.39, 0.29) is 5.75 Å². The number of carbonyl (C=O) groups is 1. The van der Waals surface area contributed by atoms with Crippen molar-refractivity contribution in [3.63, 3.8) is 0 Å². The van der Waals surface area contributed by atoms with E-state index < -0.39 is 11.4 Å². The first-order chi connectivity index (χ1) is 9.04. The van der Waals surface area contributed by atoms with Gasteiger partial charge in [0.15, 0.2) is 0 Å². The van der Waals surface area contributed by atoms with Crippen LogP contribution >= 0.6 is 15.9 Å². The summed E-state index contributed by atoms with van der Waals surface area (Å²) in [6.45, 7) is 0. The van der Waals surface area contributed by atoms with Crippen LogP contribution < -0.4 is 0 Å². The molecule has 0 radical (unpaired) electrons. The van der Waals surface area contributed by atoms with E-state index in [4.69, 9.17) is 0 Å². The minimum absolute atomic E-state index is 0.0805. The zero-order valence-electron chi connectivity index (χ0n) is 10.2. The second-order valence-corrected chi connectivity index (χ2v) is 5.98. The number of phenolic OH excluding ortho intramolecular Hbond substituents is 1. The quantitative estimate of drug-likeness (QED) is 0.884. The van der Waals surface area contributed by atoms with Gasteiger partial charge < -0.3 is 10.2 Å². The molecule has 3 rings (SSSR count). The van der Waals surface area contributed by atoms with Crippen molar-refractivity contribution in [1.29, 1.82) is 0 Å². The maximum absolute atomic E-state index is 11.6. The first-order valence-electron chi connectivity index (χ1n) is 6.20. The van der Waals surface area contributed by atoms with Crippen LogP contribution in [0.4, 0.5) is 0 Å². The van der Waals surface area contributed by atoms with Crippen LogP contribution in [0.2, 0.25) is 0 Å². The average Bonchev–Trinajstić information content (AvgIpc) is 2.30. The normalized spacial score (nSPS) is 17.1. The molecule has 1 aliphatic carbocycles. The molecule has 1 aliphatic rings. The van der Waals surface area contributed by atoms with Crippen LogP contribution in [0.25, 0.3) is 10.8 Å². The Hall–Kier alpha value is -1.55. The smallest absolute Gasteiger partial charge is 0.314 e. The molecule has 98 valence electrons. The molecule has 0 spiro atoms. The molecule has 0 aromatic heterocycles. The Morgan fingerprint density at radius 3 is 2.53 bits per heavy atom. The van der Waals surface area contributed by atoms with E-state index in [1.807, 2.05) is 24.3 Å². The van der Waals surface area contributed by atoms with Crippen LogP contribution in [0.1, 0.15) is 24.8 Å². The fourth-order valence-corrected chi connectivity index (χ4v) is 3.27. The van der Waals surface area contributed by atoms with E-state index in [1.54, 1.807) is 6.07 Å². The van der Waals surface area contributed by atoms with Gasteiger partial charge in [0.05, 0.1) is 5.41 Å². The fraction of sp³-hybridized carbons (Fsp3) is 0.267. The molecule has 1 fully saturated rings. The number of fused-ring (bicyclic) bond motifs is 1. The number of carboxylic acids is 1. The summed E-state index contributed by atoms with van der Waals surface area (Å²) >= 11 is 3.41. The molecule has 4 heteroatoms. The molecule has 0 bridgehead atoms. The van der Waals surface area contributed by atoms with E-state index >= 15 is 0 Å². The van der Waals surface area contributed by atoms with Gasteiger partial charge in [-0.1, -0.05) is 34.5 Å². The van der Waals surface area contributed by atoms with Gasteiger partial charge in [-0.25, -0.2) is 0 Å². The van der Waals surface area contributed by atoms with Crippen molar-refractivity contribution in [2.45, 2.75) is 24.7 Å². The van der Waals surface area contributed by atoms with Crippen LogP contribution in [0.3, 0.4) is 0 Å². The predicted octanol–water partition coefficient (Wildman–Crippen LogP) is 3.81. The average molecular weight is 321 g/mol. The van der Waals surface area contributed by atoms with E-state index in [9.17, 15) is 15.0 Å². The summed E-state index contributed by atoms with van der Waals surface area (Å²) in [6.07, 6.45) is 2.06. The Bertz CT molecular complexity index is 674. The zero-order valence-corrected chi connectivity index (χ0v) is 11.8. The number of phenols is 1. The van der Waals surface area contributed by atoms with Crippen LogP contribution in [0.15, 0.2) is 34.8 Å². The molecule has 0 aliphatic heterocycles. The Morgan fingerprint density at radius 2 is 1.95 bits per heavy atom. The van der Waals surface area contributed by atoms with Crippen molar-refractivity contribution in [1.82, 2.24) is 0 Å². The zero-order chi connectivity index (χ0) is 13.6. The monoisotopic (exact) mass is 320 g/mol. The minimum Gasteiger partial charge on any atom is -0.508 e. The Balaban J connectivity index is 2.33. The molecule has 0 unspecified atom stereocenters. The number of hydrogen-bond acceptors (Lipinski definition) is 2. The lowest BCUT2D eigenvalue weighted by molar-refractivity contribution is -0.147. The lowest BCUT2D eigenvalue weighted by Crippen LogP contribution is -2.42. The highest BCUT2D eigenvalue weighted by atomic mass is 79.9. The van der Waals surface area contributed by atoms with E-state index in [0.29, 0.717) is 18.4 Å². The van der Waals surface area contributed by atoms with Crippen molar-refractivity contribution >= 4 is 32.7 Å². The van der Waals surface area contributed by atoms with Crippen molar-refractivity contribution in [3.8, 4) is 5.75 Å². The Labute approximate surface area is 119 Å². The predicted molar refractivity (Wildman–Crippen MR) is 76.5 cm³/mol. The number of halogens is 1. The number of aliphatic carboxylic acids is 1. The molecule has 0 saturated heterocycles. The number of hydrogen-bond donors (Lipinski definition) is 2. The van der Waals surface area contributed by atoms with E-state index in [2.05, 4.69) is 15.9 Å². The van der Waals surface area contributed by atoms with Crippen LogP contribution in [0.5, 0.6) is 5.75 Å². The van der Waals surface area contributed by atoms with E-state index in [1.165, 1.54) is 0 Å². The van der Waals surface area contributed by atoms with Crippen molar-refractivity contribution in [2.24, 2.45) is 0 Å². The highest BCUT2D eigenvalue weighted by Crippen LogP contribution is 2.49. The summed E-state index contributed by atoms with van der Waals surface area (Å²) < 4.78 is 0.939. The molecule has 19 heavy (non-hydrogen) atoms. The lowest BCUT2D eigenvalue weighted by Gasteiger charge is -2.39. The van der Waals surface area contributed by atoms with Crippen molar-refractivity contribution in [3.05, 3.63) is 40.4 Å². The van der Waals surface area contributed by atoms with Gasteiger partial charge in [-0.15, -0.1) is 0 Å². The largest absolute Gasteiger partial charge is 0.508 e. The summed E-state index contributed by atoms with van der Waals surface area (Å²) in [5.41, 5.74) is -0.353. The molecule has 0 heterocycles. The van der Waals surface area contributed by atoms with Crippen molar-refractivity contribution in [2.75, 3.05) is 0 Å². The van der Waals surface area contributed by atoms with Gasteiger partial charge in [0, 0.05) is 10.0 Å². The number of rotatable bonds is 2. The third-order valence-electron chi connectivity index (χ3n) is 4.05. The number of benzene rings is 2. The van der Waals surface area contributed by atoms with Gasteiger partial charge in [-0.2, -0.15) is 0 Å². The molecule has 2 aromatic rings. The van der Waals surface area contributed by atoms with Crippen molar-refractivity contribution < 1.29 is 15.0 Å². The fourth-order valence-electron chi connectivity index (χ4n) is 2.89. The maximum Gasteiger partial charge on any atom is 0.314 e. The maximum atomic E-state index is 11.6. The molecule has 3 nitrogen and oxygen atoms in total. The van der Waals surface area contributed by atoms with Crippen LogP contribution in [0, 0.1) is 0 Å².